The van der Waals surface area contributed by atoms with Crippen molar-refractivity contribution in [1.82, 2.24) is 5.32 Å². The fourth-order valence-electron chi connectivity index (χ4n) is 2.74. The Morgan fingerprint density at radius 1 is 1.21 bits per heavy atom. The van der Waals surface area contributed by atoms with Gasteiger partial charge >= 0.3 is 16.1 Å². The van der Waals surface area contributed by atoms with Crippen LogP contribution in [0, 0.1) is 0 Å². The Balaban J connectivity index is 1.75. The van der Waals surface area contributed by atoms with Crippen LogP contribution in [0.3, 0.4) is 0 Å². The van der Waals surface area contributed by atoms with Gasteiger partial charge in [0.15, 0.2) is 16.7 Å². The molecule has 11 nitrogen and oxygen atoms in total. The number of rotatable bonds is 10. The van der Waals surface area contributed by atoms with Gasteiger partial charge in [0.2, 0.25) is 5.91 Å². The van der Waals surface area contributed by atoms with Crippen molar-refractivity contribution in [2.75, 3.05) is 13.7 Å². The molecule has 1 aliphatic rings. The monoisotopic (exact) mass is 507 g/mol. The van der Waals surface area contributed by atoms with Crippen molar-refractivity contribution in [3.05, 3.63) is 48.0 Å². The first kappa shape index (κ1) is 25.1. The number of thioether (sulfide) groups is 1. The van der Waals surface area contributed by atoms with E-state index in [9.17, 15) is 18.0 Å². The molecule has 13 heteroatoms. The largest absolute Gasteiger partial charge is 0.497 e. The molecule has 1 amide bonds. The third kappa shape index (κ3) is 6.48. The van der Waals surface area contributed by atoms with E-state index in [2.05, 4.69) is 15.5 Å². The minimum absolute atomic E-state index is 0.00347. The highest BCUT2D eigenvalue weighted by atomic mass is 32.2. The molecule has 0 unspecified atom stereocenters. The van der Waals surface area contributed by atoms with Crippen molar-refractivity contribution in [1.29, 1.82) is 0 Å². The molecule has 2 aromatic carbocycles. The van der Waals surface area contributed by atoms with Gasteiger partial charge < -0.3 is 24.1 Å². The highest BCUT2D eigenvalue weighted by molar-refractivity contribution is 8.15. The van der Waals surface area contributed by atoms with Crippen LogP contribution < -0.4 is 19.0 Å². The van der Waals surface area contributed by atoms with Crippen molar-refractivity contribution in [3.63, 3.8) is 0 Å². The fourth-order valence-corrected chi connectivity index (χ4v) is 4.60. The lowest BCUT2D eigenvalue weighted by Gasteiger charge is -2.12. The third-order valence-electron chi connectivity index (χ3n) is 4.31. The molecule has 2 aromatic rings. The summed E-state index contributed by atoms with van der Waals surface area (Å²) in [7, 11) is -2.64. The van der Waals surface area contributed by atoms with E-state index >= 15 is 0 Å². The zero-order valence-corrected chi connectivity index (χ0v) is 19.8. The van der Waals surface area contributed by atoms with Gasteiger partial charge in [-0.2, -0.15) is 13.5 Å². The number of hydrogen-bond acceptors (Lipinski definition) is 10. The Kier molecular flexibility index (Phi) is 8.12. The molecule has 0 aliphatic carbocycles. The molecule has 1 heterocycles. The number of methoxy groups -OCH3 is 1. The standard InChI is InChI=1S/C21H21N3O8S2/c1-3-31-17-10-13(12-22-24-21-23-20(27)18(33-21)11-19(25)26)4-9-16(17)32-34(28,29)15-7-5-14(30-2)6-8-15/h4-10,12,18H,3,11H2,1-2H3,(H,25,26)(H,23,24,27)/b22-12-/t18-/m1/s1. The van der Waals surface area contributed by atoms with Gasteiger partial charge in [-0.25, -0.2) is 0 Å². The highest BCUT2D eigenvalue weighted by Crippen LogP contribution is 2.31. The summed E-state index contributed by atoms with van der Waals surface area (Å²) in [5.41, 5.74) is 0.526. The summed E-state index contributed by atoms with van der Waals surface area (Å²) in [5.74, 6) is -0.844. The average Bonchev–Trinajstić information content (AvgIpc) is 3.13. The first-order valence-corrected chi connectivity index (χ1v) is 12.2. The highest BCUT2D eigenvalue weighted by Gasteiger charge is 2.32. The van der Waals surface area contributed by atoms with Crippen molar-refractivity contribution < 1.29 is 36.8 Å². The molecule has 0 aromatic heterocycles. The van der Waals surface area contributed by atoms with E-state index in [1.807, 2.05) is 0 Å². The Hall–Kier alpha value is -3.58. The zero-order valence-electron chi connectivity index (χ0n) is 18.1. The molecule has 0 radical (unpaired) electrons. The Labute approximate surface area is 199 Å². The van der Waals surface area contributed by atoms with Gasteiger partial charge in [0.25, 0.3) is 0 Å². The second-order valence-electron chi connectivity index (χ2n) is 6.70. The van der Waals surface area contributed by atoms with E-state index in [-0.39, 0.29) is 34.6 Å². The molecule has 34 heavy (non-hydrogen) atoms. The number of nitrogens with zero attached hydrogens (tertiary/aromatic N) is 2. The van der Waals surface area contributed by atoms with Crippen LogP contribution in [0.15, 0.2) is 57.6 Å². The van der Waals surface area contributed by atoms with Crippen LogP contribution in [0.2, 0.25) is 0 Å². The van der Waals surface area contributed by atoms with Gasteiger partial charge in [-0.3, -0.25) is 9.59 Å². The molecular weight excluding hydrogens is 486 g/mol. The number of ether oxygens (including phenoxy) is 2. The van der Waals surface area contributed by atoms with Crippen LogP contribution in [-0.2, 0) is 19.7 Å². The molecule has 1 fully saturated rings. The lowest BCUT2D eigenvalue weighted by molar-refractivity contribution is -0.138. The van der Waals surface area contributed by atoms with Crippen LogP contribution in [0.4, 0.5) is 0 Å². The molecular formula is C21H21N3O8S2. The minimum atomic E-state index is -4.11. The summed E-state index contributed by atoms with van der Waals surface area (Å²) < 4.78 is 41.1. The molecule has 1 atom stereocenters. The molecule has 0 saturated carbocycles. The van der Waals surface area contributed by atoms with Gasteiger partial charge in [0, 0.05) is 0 Å². The average molecular weight is 508 g/mol. The molecule has 2 N–H and O–H groups in total. The van der Waals surface area contributed by atoms with Gasteiger partial charge in [-0.05, 0) is 55.0 Å². The molecule has 3 rings (SSSR count). The lowest BCUT2D eigenvalue weighted by Crippen LogP contribution is -2.26. The Morgan fingerprint density at radius 2 is 1.94 bits per heavy atom. The number of benzene rings is 2. The van der Waals surface area contributed by atoms with Gasteiger partial charge in [-0.1, -0.05) is 11.8 Å². The summed E-state index contributed by atoms with van der Waals surface area (Å²) in [6.07, 6.45) is 1.05. The number of carbonyl (C=O) groups is 2. The first-order valence-electron chi connectivity index (χ1n) is 9.87. The molecule has 0 spiro atoms. The van der Waals surface area contributed by atoms with Crippen LogP contribution >= 0.6 is 11.8 Å². The predicted molar refractivity (Wildman–Crippen MR) is 125 cm³/mol. The number of carbonyl (C=O) groups excluding carboxylic acids is 1. The molecule has 1 saturated heterocycles. The van der Waals surface area contributed by atoms with Crippen molar-refractivity contribution in [3.8, 4) is 17.2 Å². The van der Waals surface area contributed by atoms with Gasteiger partial charge in [0.1, 0.15) is 15.9 Å². The topological polar surface area (TPSA) is 153 Å². The number of amidine groups is 1. The second kappa shape index (κ2) is 11.0. The SMILES string of the molecule is CCOc1cc(/C=N\N=C2\NC(=O)[C@@H](CC(=O)O)S2)ccc1OS(=O)(=O)c1ccc(OC)cc1. The first-order chi connectivity index (χ1) is 16.2. The predicted octanol–water partition coefficient (Wildman–Crippen LogP) is 2.26. The van der Waals surface area contributed by atoms with Crippen LogP contribution in [-0.4, -0.2) is 55.7 Å². The van der Waals surface area contributed by atoms with Crippen LogP contribution in [0.1, 0.15) is 18.9 Å². The minimum Gasteiger partial charge on any atom is -0.497 e. The molecule has 180 valence electrons. The van der Waals surface area contributed by atoms with E-state index < -0.39 is 27.2 Å². The fraction of sp³-hybridized carbons (Fsp3) is 0.238. The lowest BCUT2D eigenvalue weighted by atomic mass is 10.2. The summed E-state index contributed by atoms with van der Waals surface area (Å²) >= 11 is 0.978. The van der Waals surface area contributed by atoms with Crippen molar-refractivity contribution in [2.45, 2.75) is 23.5 Å². The summed E-state index contributed by atoms with van der Waals surface area (Å²) in [6, 6.07) is 10.3. The number of carboxylic acids is 1. The van der Waals surface area contributed by atoms with Gasteiger partial charge in [0.05, 0.1) is 26.4 Å². The maximum atomic E-state index is 12.6. The summed E-state index contributed by atoms with van der Waals surface area (Å²) in [4.78, 5) is 22.5. The molecule has 1 aliphatic heterocycles. The number of amides is 1. The number of carboxylic acid groups (broad SMARTS) is 1. The maximum absolute atomic E-state index is 12.6. The molecule has 0 bridgehead atoms. The number of nitrogens with one attached hydrogen (secondary N) is 1. The van der Waals surface area contributed by atoms with E-state index in [1.54, 1.807) is 13.0 Å². The smallest absolute Gasteiger partial charge is 0.339 e. The summed E-state index contributed by atoms with van der Waals surface area (Å²) in [5, 5.41) is 18.5. The summed E-state index contributed by atoms with van der Waals surface area (Å²) in [6.45, 7) is 2.00. The van der Waals surface area contributed by atoms with E-state index in [4.69, 9.17) is 18.8 Å². The second-order valence-corrected chi connectivity index (χ2v) is 9.43. The van der Waals surface area contributed by atoms with Crippen molar-refractivity contribution >= 4 is 45.1 Å². The van der Waals surface area contributed by atoms with Crippen LogP contribution in [0.5, 0.6) is 17.2 Å². The Bertz CT molecular complexity index is 1230. The number of aliphatic carboxylic acids is 1. The van der Waals surface area contributed by atoms with E-state index in [1.165, 1.54) is 49.7 Å². The normalized spacial score (nSPS) is 17.1. The Morgan fingerprint density at radius 3 is 2.59 bits per heavy atom. The van der Waals surface area contributed by atoms with E-state index in [0.29, 0.717) is 11.3 Å². The van der Waals surface area contributed by atoms with Crippen molar-refractivity contribution in [2.24, 2.45) is 10.2 Å². The van der Waals surface area contributed by atoms with E-state index in [0.717, 1.165) is 11.8 Å². The zero-order chi connectivity index (χ0) is 24.7. The van der Waals surface area contributed by atoms with Crippen LogP contribution in [0.25, 0.3) is 0 Å². The quantitative estimate of drug-likeness (QED) is 0.280. The maximum Gasteiger partial charge on any atom is 0.339 e. The number of hydrogen-bond donors (Lipinski definition) is 2. The van der Waals surface area contributed by atoms with Gasteiger partial charge in [-0.15, -0.1) is 5.10 Å². The third-order valence-corrected chi connectivity index (χ3v) is 6.63.